The van der Waals surface area contributed by atoms with Crippen molar-refractivity contribution in [2.45, 2.75) is 0 Å². The minimum Gasteiger partial charge on any atom is -0.456 e. The van der Waals surface area contributed by atoms with Crippen LogP contribution in [0.1, 0.15) is 11.0 Å². The van der Waals surface area contributed by atoms with Crippen molar-refractivity contribution in [2.24, 2.45) is 0 Å². The van der Waals surface area contributed by atoms with E-state index in [0.717, 1.165) is 38.6 Å². The van der Waals surface area contributed by atoms with Crippen LogP contribution < -0.4 is 0 Å². The molecule has 10 aromatic rings. The molecule has 0 unspecified atom stereocenters. The third-order valence-electron chi connectivity index (χ3n) is 8.94. The summed E-state index contributed by atoms with van der Waals surface area (Å²) in [5, 5.41) is 1.71. The summed E-state index contributed by atoms with van der Waals surface area (Å²) in [6.07, 6.45) is 0. The summed E-state index contributed by atoms with van der Waals surface area (Å²) in [7, 11) is 0. The Balaban J connectivity index is 1.22. The number of hydrogen-bond acceptors (Lipinski definition) is 4. The van der Waals surface area contributed by atoms with Crippen molar-refractivity contribution in [1.82, 2.24) is 19.5 Å². The van der Waals surface area contributed by atoms with E-state index >= 15 is 0 Å². The molecule has 0 N–H and O–H groups in total. The first kappa shape index (κ1) is 21.2. The fraction of sp³-hybridized carbons (Fsp3) is 0. The molecule has 0 spiro atoms. The summed E-state index contributed by atoms with van der Waals surface area (Å²) in [5.74, 6) is 0.337. The normalized spacial score (nSPS) is 13.8. The lowest BCUT2D eigenvalue weighted by molar-refractivity contribution is 0.669. The second-order valence-electron chi connectivity index (χ2n) is 11.9. The predicted octanol–water partition coefficient (Wildman–Crippen LogP) is 11.5. The molecule has 0 aliphatic heterocycles. The number of fused-ring (bicyclic) bond motifs is 6. The van der Waals surface area contributed by atoms with Gasteiger partial charge in [-0.3, -0.25) is 4.57 Å². The smallest absolute Gasteiger partial charge is 0.238 e. The van der Waals surface area contributed by atoms with E-state index in [0.29, 0.717) is 16.7 Å². The number of furan rings is 1. The van der Waals surface area contributed by atoms with Crippen molar-refractivity contribution >= 4 is 43.7 Å². The van der Waals surface area contributed by atoms with E-state index in [2.05, 4.69) is 24.3 Å². The van der Waals surface area contributed by atoms with Gasteiger partial charge in [0.1, 0.15) is 11.2 Å². The maximum atomic E-state index is 9.04. The van der Waals surface area contributed by atoms with E-state index in [1.165, 1.54) is 4.57 Å². The van der Waals surface area contributed by atoms with Crippen LogP contribution in [0.25, 0.3) is 94.7 Å². The second-order valence-corrected chi connectivity index (χ2v) is 11.9. The molecule has 0 bridgehead atoms. The Kier molecular flexibility index (Phi) is 4.83. The molecular weight excluding hydrogens is 613 g/mol. The Morgan fingerprint density at radius 2 is 0.980 bits per heavy atom. The highest BCUT2D eigenvalue weighted by molar-refractivity contribution is 6.09. The first-order valence-electron chi connectivity index (χ1n) is 20.0. The monoisotopic (exact) mass is 648 g/mol. The van der Waals surface area contributed by atoms with Gasteiger partial charge in [-0.1, -0.05) is 133 Å². The van der Waals surface area contributed by atoms with Crippen molar-refractivity contribution < 1.29 is 15.4 Å². The summed E-state index contributed by atoms with van der Waals surface area (Å²) in [6.45, 7) is 0. The van der Waals surface area contributed by atoms with E-state index in [4.69, 9.17) is 30.3 Å². The number of hydrogen-bond donors (Lipinski definition) is 0. The number of rotatable bonds is 5. The molecule has 3 aromatic heterocycles. The van der Waals surface area contributed by atoms with Crippen LogP contribution in [-0.2, 0) is 0 Å². The molecule has 7 aromatic carbocycles. The van der Waals surface area contributed by atoms with Gasteiger partial charge >= 0.3 is 0 Å². The van der Waals surface area contributed by atoms with Gasteiger partial charge in [0.05, 0.1) is 22.0 Å². The third kappa shape index (κ3) is 4.67. The van der Waals surface area contributed by atoms with Gasteiger partial charge in [-0.2, -0.15) is 9.97 Å². The van der Waals surface area contributed by atoms with Crippen molar-refractivity contribution in [3.63, 3.8) is 0 Å². The van der Waals surface area contributed by atoms with Crippen LogP contribution in [0.4, 0.5) is 0 Å². The Labute approximate surface area is 299 Å². The Hall–Kier alpha value is -6.85. The molecule has 0 saturated heterocycles. The highest BCUT2D eigenvalue weighted by Crippen LogP contribution is 2.35. The van der Waals surface area contributed by atoms with E-state index in [1.54, 1.807) is 0 Å². The van der Waals surface area contributed by atoms with Gasteiger partial charge in [-0.25, -0.2) is 4.98 Å². The van der Waals surface area contributed by atoms with Gasteiger partial charge in [-0.05, 0) is 58.6 Å². The molecule has 0 radical (unpaired) electrons. The summed E-state index contributed by atoms with van der Waals surface area (Å²) >= 11 is 0. The van der Waals surface area contributed by atoms with Crippen LogP contribution in [0.5, 0.6) is 0 Å². The van der Waals surface area contributed by atoms with E-state index in [1.807, 2.05) is 97.1 Å². The topological polar surface area (TPSA) is 56.7 Å². The van der Waals surface area contributed by atoms with Crippen LogP contribution in [0.3, 0.4) is 0 Å². The SMILES string of the molecule is [2H]c1c([2H])c([2H])c2c(c1[2H])c1c([2H])c([2H])c([2H])c([2H])c1n2-c1nc(-c2ccc(-c3cccc(-c4ccccc4)c3)cc2)nc(-c2ccc3c(c2)oc2ccccc23)n1. The van der Waals surface area contributed by atoms with E-state index in [9.17, 15) is 0 Å². The molecule has 0 aliphatic rings. The van der Waals surface area contributed by atoms with Crippen molar-refractivity contribution in [1.29, 1.82) is 0 Å². The molecule has 3 heterocycles. The maximum absolute atomic E-state index is 9.04. The van der Waals surface area contributed by atoms with Gasteiger partial charge in [0.15, 0.2) is 11.6 Å². The molecular formula is C45H28N4O. The highest BCUT2D eigenvalue weighted by Gasteiger charge is 2.18. The number of nitrogens with zero attached hydrogens (tertiary/aromatic N) is 4. The van der Waals surface area contributed by atoms with Crippen LogP contribution in [0.2, 0.25) is 0 Å². The number of para-hydroxylation sites is 3. The van der Waals surface area contributed by atoms with Gasteiger partial charge < -0.3 is 4.42 Å². The Morgan fingerprint density at radius 1 is 0.420 bits per heavy atom. The standard InChI is InChI=1S/C45H28N4O/c1-2-11-29(12-3-1)32-13-10-14-33(27-32)30-21-23-31(24-22-30)43-46-44(34-25-26-38-37-17-6-9-20-41(37)50-42(38)28-34)48-45(47-43)49-39-18-7-4-15-35(39)36-16-5-8-19-40(36)49/h1-28H/i4D,5D,7D,8D,15D,16D,18D,19D. The minimum atomic E-state index is -0.534. The number of aromatic nitrogens is 4. The molecule has 0 saturated carbocycles. The predicted molar refractivity (Wildman–Crippen MR) is 203 cm³/mol. The highest BCUT2D eigenvalue weighted by atomic mass is 16.3. The molecule has 5 heteroatoms. The summed E-state index contributed by atoms with van der Waals surface area (Å²) in [4.78, 5) is 14.7. The van der Waals surface area contributed by atoms with E-state index in [-0.39, 0.29) is 39.4 Å². The van der Waals surface area contributed by atoms with Crippen LogP contribution in [-0.4, -0.2) is 19.5 Å². The molecule has 10 rings (SSSR count). The summed E-state index contributed by atoms with van der Waals surface area (Å²) in [6, 6.07) is 35.5. The van der Waals surface area contributed by atoms with Gasteiger partial charge in [0.2, 0.25) is 5.95 Å². The number of benzene rings is 7. The quantitative estimate of drug-likeness (QED) is 0.186. The molecule has 0 fully saturated rings. The van der Waals surface area contributed by atoms with E-state index < -0.39 is 48.3 Å². The van der Waals surface area contributed by atoms with Gasteiger partial charge in [0, 0.05) is 32.7 Å². The average Bonchev–Trinajstić information content (AvgIpc) is 3.83. The van der Waals surface area contributed by atoms with Crippen LogP contribution >= 0.6 is 0 Å². The van der Waals surface area contributed by atoms with Gasteiger partial charge in [0.25, 0.3) is 0 Å². The fourth-order valence-corrected chi connectivity index (χ4v) is 6.53. The summed E-state index contributed by atoms with van der Waals surface area (Å²) < 4.78 is 77.4. The molecule has 234 valence electrons. The average molecular weight is 649 g/mol. The molecule has 5 nitrogen and oxygen atoms in total. The third-order valence-corrected chi connectivity index (χ3v) is 8.94. The minimum absolute atomic E-state index is 0.0673. The van der Waals surface area contributed by atoms with Crippen LogP contribution in [0.15, 0.2) is 174 Å². The Bertz CT molecular complexity index is 3250. The zero-order chi connectivity index (χ0) is 40.0. The zero-order valence-electron chi connectivity index (χ0n) is 34.2. The zero-order valence-corrected chi connectivity index (χ0v) is 26.2. The summed E-state index contributed by atoms with van der Waals surface area (Å²) in [5.41, 5.74) is 6.48. The first-order chi connectivity index (χ1) is 28.1. The van der Waals surface area contributed by atoms with Crippen molar-refractivity contribution in [3.05, 3.63) is 170 Å². The lowest BCUT2D eigenvalue weighted by Crippen LogP contribution is -2.06. The largest absolute Gasteiger partial charge is 0.456 e. The lowest BCUT2D eigenvalue weighted by Gasteiger charge is -2.11. The van der Waals surface area contributed by atoms with Crippen molar-refractivity contribution in [3.8, 4) is 51.0 Å². The molecule has 0 amide bonds. The second kappa shape index (κ2) is 11.4. The molecule has 0 aliphatic carbocycles. The van der Waals surface area contributed by atoms with Crippen molar-refractivity contribution in [2.75, 3.05) is 0 Å². The van der Waals surface area contributed by atoms with Crippen LogP contribution in [0, 0.1) is 0 Å². The Morgan fingerprint density at radius 3 is 1.72 bits per heavy atom. The van der Waals surface area contributed by atoms with Gasteiger partial charge in [-0.15, -0.1) is 0 Å². The molecule has 0 atom stereocenters. The maximum Gasteiger partial charge on any atom is 0.238 e. The molecule has 50 heavy (non-hydrogen) atoms. The lowest BCUT2D eigenvalue weighted by atomic mass is 9.98. The first-order valence-corrected chi connectivity index (χ1v) is 16.0. The fourth-order valence-electron chi connectivity index (χ4n) is 6.53.